The molecule has 0 radical (unpaired) electrons. The lowest BCUT2D eigenvalue weighted by molar-refractivity contribution is -0.144. The Kier molecular flexibility index (Phi) is 7.17. The van der Waals surface area contributed by atoms with Crippen molar-refractivity contribution in [1.82, 2.24) is 5.32 Å². The molecule has 0 aromatic rings. The lowest BCUT2D eigenvalue weighted by atomic mass is 9.90. The third kappa shape index (κ3) is 6.08. The van der Waals surface area contributed by atoms with Crippen LogP contribution in [-0.4, -0.2) is 39.4 Å². The summed E-state index contributed by atoms with van der Waals surface area (Å²) in [5.74, 6) is 0.443. The molecule has 0 aromatic carbocycles. The summed E-state index contributed by atoms with van der Waals surface area (Å²) < 4.78 is 10.1. The van der Waals surface area contributed by atoms with Gasteiger partial charge in [-0.3, -0.25) is 4.79 Å². The Labute approximate surface area is 97.7 Å². The summed E-state index contributed by atoms with van der Waals surface area (Å²) in [5.41, 5.74) is 0. The Morgan fingerprint density at radius 3 is 2.75 bits per heavy atom. The molecule has 0 atom stereocenters. The van der Waals surface area contributed by atoms with E-state index < -0.39 is 0 Å². The second kappa shape index (κ2) is 8.53. The van der Waals surface area contributed by atoms with Crippen molar-refractivity contribution in [2.75, 3.05) is 33.4 Å². The maximum atomic E-state index is 11.3. The highest BCUT2D eigenvalue weighted by atomic mass is 16.5. The minimum absolute atomic E-state index is 0.151. The van der Waals surface area contributed by atoms with Gasteiger partial charge in [-0.1, -0.05) is 19.3 Å². The molecule has 1 aliphatic carbocycles. The van der Waals surface area contributed by atoms with E-state index in [2.05, 4.69) is 5.32 Å². The Bertz CT molecular complexity index is 191. The maximum Gasteiger partial charge on any atom is 0.319 e. The summed E-state index contributed by atoms with van der Waals surface area (Å²) in [6.45, 7) is 2.20. The first-order valence-corrected chi connectivity index (χ1v) is 6.18. The molecule has 0 saturated heterocycles. The van der Waals surface area contributed by atoms with Gasteiger partial charge >= 0.3 is 5.97 Å². The second-order valence-electron chi connectivity index (χ2n) is 4.36. The molecule has 0 aromatic heterocycles. The summed E-state index contributed by atoms with van der Waals surface area (Å²) >= 11 is 0. The van der Waals surface area contributed by atoms with Crippen LogP contribution in [0.25, 0.3) is 0 Å². The van der Waals surface area contributed by atoms with Crippen LogP contribution in [0.2, 0.25) is 0 Å². The second-order valence-corrected chi connectivity index (χ2v) is 4.36. The molecule has 1 aliphatic rings. The van der Waals surface area contributed by atoms with E-state index in [0.29, 0.717) is 25.7 Å². The molecular formula is C12H23NO3. The predicted molar refractivity (Wildman–Crippen MR) is 62.3 cm³/mol. The van der Waals surface area contributed by atoms with Gasteiger partial charge in [0.2, 0.25) is 0 Å². The molecule has 1 N–H and O–H groups in total. The van der Waals surface area contributed by atoms with Gasteiger partial charge < -0.3 is 14.8 Å². The predicted octanol–water partition coefficient (Wildman–Crippen LogP) is 1.35. The van der Waals surface area contributed by atoms with E-state index in [1.54, 1.807) is 7.11 Å². The highest BCUT2D eigenvalue weighted by molar-refractivity contribution is 5.71. The van der Waals surface area contributed by atoms with Crippen LogP contribution in [-0.2, 0) is 14.3 Å². The Morgan fingerprint density at radius 2 is 2.06 bits per heavy atom. The van der Waals surface area contributed by atoms with Crippen molar-refractivity contribution in [3.05, 3.63) is 0 Å². The average molecular weight is 229 g/mol. The first-order valence-electron chi connectivity index (χ1n) is 6.18. The molecule has 0 heterocycles. The fourth-order valence-electron chi connectivity index (χ4n) is 1.98. The topological polar surface area (TPSA) is 47.6 Å². The summed E-state index contributed by atoms with van der Waals surface area (Å²) in [7, 11) is 1.64. The van der Waals surface area contributed by atoms with Gasteiger partial charge in [0.05, 0.1) is 19.8 Å². The number of nitrogens with one attached hydrogen (secondary N) is 1. The summed E-state index contributed by atoms with van der Waals surface area (Å²) in [6, 6.07) is 0. The molecular weight excluding hydrogens is 206 g/mol. The number of methoxy groups -OCH3 is 1. The van der Waals surface area contributed by atoms with E-state index in [1.165, 1.54) is 32.1 Å². The van der Waals surface area contributed by atoms with Crippen molar-refractivity contribution in [1.29, 1.82) is 0 Å². The number of carbonyl (C=O) groups is 1. The van der Waals surface area contributed by atoms with E-state index in [4.69, 9.17) is 9.47 Å². The zero-order valence-corrected chi connectivity index (χ0v) is 10.2. The minimum atomic E-state index is -0.151. The number of ether oxygens (including phenoxy) is 2. The monoisotopic (exact) mass is 229 g/mol. The van der Waals surface area contributed by atoms with Gasteiger partial charge in [-0.05, 0) is 18.8 Å². The van der Waals surface area contributed by atoms with Crippen LogP contribution in [0, 0.1) is 5.92 Å². The lowest BCUT2D eigenvalue weighted by Crippen LogP contribution is -2.29. The molecule has 4 nitrogen and oxygen atoms in total. The summed E-state index contributed by atoms with van der Waals surface area (Å²) in [4.78, 5) is 11.3. The van der Waals surface area contributed by atoms with Crippen LogP contribution in [0.4, 0.5) is 0 Å². The number of hydrogen-bond acceptors (Lipinski definition) is 4. The quantitative estimate of drug-likeness (QED) is 0.529. The van der Waals surface area contributed by atoms with Gasteiger partial charge in [-0.25, -0.2) is 0 Å². The van der Waals surface area contributed by atoms with Crippen LogP contribution >= 0.6 is 0 Å². The molecule has 0 spiro atoms. The van der Waals surface area contributed by atoms with Gasteiger partial charge in [-0.2, -0.15) is 0 Å². The number of esters is 1. The standard InChI is InChI=1S/C12H23NO3/c1-15-8-7-13-9-12(14)16-10-11-5-3-2-4-6-11/h11,13H,2-10H2,1H3. The van der Waals surface area contributed by atoms with E-state index in [1.807, 2.05) is 0 Å². The minimum Gasteiger partial charge on any atom is -0.464 e. The number of carbonyl (C=O) groups excluding carboxylic acids is 1. The first kappa shape index (κ1) is 13.5. The third-order valence-corrected chi connectivity index (χ3v) is 2.96. The first-order chi connectivity index (χ1) is 7.83. The van der Waals surface area contributed by atoms with E-state index in [9.17, 15) is 4.79 Å². The Morgan fingerprint density at radius 1 is 1.31 bits per heavy atom. The van der Waals surface area contributed by atoms with E-state index in [0.717, 1.165) is 0 Å². The molecule has 4 heteroatoms. The number of rotatable bonds is 7. The maximum absolute atomic E-state index is 11.3. The smallest absolute Gasteiger partial charge is 0.319 e. The molecule has 0 amide bonds. The zero-order valence-electron chi connectivity index (χ0n) is 10.2. The van der Waals surface area contributed by atoms with Crippen molar-refractivity contribution in [2.24, 2.45) is 5.92 Å². The SMILES string of the molecule is COCCNCC(=O)OCC1CCCCC1. The van der Waals surface area contributed by atoms with Gasteiger partial charge in [0.25, 0.3) is 0 Å². The lowest BCUT2D eigenvalue weighted by Gasteiger charge is -2.21. The molecule has 0 bridgehead atoms. The molecule has 94 valence electrons. The number of hydrogen-bond donors (Lipinski definition) is 1. The highest BCUT2D eigenvalue weighted by Crippen LogP contribution is 2.23. The van der Waals surface area contributed by atoms with Crippen molar-refractivity contribution < 1.29 is 14.3 Å². The summed E-state index contributed by atoms with van der Waals surface area (Å²) in [5, 5.41) is 2.97. The van der Waals surface area contributed by atoms with Crippen molar-refractivity contribution in [2.45, 2.75) is 32.1 Å². The normalized spacial score (nSPS) is 17.3. The Balaban J connectivity index is 1.96. The molecule has 0 aliphatic heterocycles. The fourth-order valence-corrected chi connectivity index (χ4v) is 1.98. The van der Waals surface area contributed by atoms with Crippen molar-refractivity contribution in [3.63, 3.8) is 0 Å². The summed E-state index contributed by atoms with van der Waals surface area (Å²) in [6.07, 6.45) is 6.33. The van der Waals surface area contributed by atoms with Gasteiger partial charge in [0.15, 0.2) is 0 Å². The largest absolute Gasteiger partial charge is 0.464 e. The average Bonchev–Trinajstić information content (AvgIpc) is 2.33. The van der Waals surface area contributed by atoms with Gasteiger partial charge in [-0.15, -0.1) is 0 Å². The van der Waals surface area contributed by atoms with E-state index >= 15 is 0 Å². The molecule has 1 rings (SSSR count). The van der Waals surface area contributed by atoms with E-state index in [-0.39, 0.29) is 12.5 Å². The van der Waals surface area contributed by atoms with Crippen LogP contribution in [0.5, 0.6) is 0 Å². The molecule has 1 fully saturated rings. The third-order valence-electron chi connectivity index (χ3n) is 2.96. The molecule has 1 saturated carbocycles. The van der Waals surface area contributed by atoms with Gasteiger partial charge in [0.1, 0.15) is 0 Å². The molecule has 16 heavy (non-hydrogen) atoms. The highest BCUT2D eigenvalue weighted by Gasteiger charge is 2.15. The van der Waals surface area contributed by atoms with Crippen LogP contribution < -0.4 is 5.32 Å². The van der Waals surface area contributed by atoms with Crippen molar-refractivity contribution >= 4 is 5.97 Å². The molecule has 0 unspecified atom stereocenters. The van der Waals surface area contributed by atoms with Gasteiger partial charge in [0, 0.05) is 13.7 Å². The van der Waals surface area contributed by atoms with Crippen LogP contribution in [0.1, 0.15) is 32.1 Å². The zero-order chi connectivity index (χ0) is 11.6. The van der Waals surface area contributed by atoms with Crippen LogP contribution in [0.3, 0.4) is 0 Å². The van der Waals surface area contributed by atoms with Crippen molar-refractivity contribution in [3.8, 4) is 0 Å². The van der Waals surface area contributed by atoms with Crippen LogP contribution in [0.15, 0.2) is 0 Å². The fraction of sp³-hybridized carbons (Fsp3) is 0.917. The Hall–Kier alpha value is -0.610.